The molecule has 0 bridgehead atoms. The quantitative estimate of drug-likeness (QED) is 0.667. The monoisotopic (exact) mass is 360 g/mol. The van der Waals surface area contributed by atoms with E-state index in [-0.39, 0.29) is 0 Å². The van der Waals surface area contributed by atoms with Crippen molar-refractivity contribution in [1.29, 1.82) is 5.26 Å². The van der Waals surface area contributed by atoms with Gasteiger partial charge in [0.2, 0.25) is 0 Å². The summed E-state index contributed by atoms with van der Waals surface area (Å²) in [5.41, 5.74) is 9.66. The Labute approximate surface area is 155 Å². The molecule has 0 saturated heterocycles. The van der Waals surface area contributed by atoms with Crippen LogP contribution in [0, 0.1) is 18.3 Å². The number of carbonyl (C=O) groups is 1. The zero-order chi connectivity index (χ0) is 18.5. The third kappa shape index (κ3) is 3.79. The fraction of sp³-hybridized carbons (Fsp3) is 0.0500. The number of rotatable bonds is 5. The highest BCUT2D eigenvalue weighted by Crippen LogP contribution is 2.26. The number of nitrogens with zero attached hydrogens (tertiary/aromatic N) is 2. The maximum absolute atomic E-state index is 11.5. The Kier molecular flexibility index (Phi) is 5.11. The molecule has 3 rings (SSSR count). The Bertz CT molecular complexity index is 1010. The molecule has 3 N–H and O–H groups in total. The molecule has 0 aliphatic rings. The van der Waals surface area contributed by atoms with Gasteiger partial charge in [0.15, 0.2) is 0 Å². The number of anilines is 1. The van der Waals surface area contributed by atoms with Gasteiger partial charge in [-0.25, -0.2) is 4.98 Å². The van der Waals surface area contributed by atoms with Crippen LogP contribution >= 0.6 is 11.3 Å². The zero-order valence-electron chi connectivity index (χ0n) is 14.1. The molecule has 1 aromatic heterocycles. The first-order valence-corrected chi connectivity index (χ1v) is 8.75. The summed E-state index contributed by atoms with van der Waals surface area (Å²) >= 11 is 1.39. The molecule has 0 saturated carbocycles. The van der Waals surface area contributed by atoms with Crippen LogP contribution in [-0.4, -0.2) is 10.9 Å². The van der Waals surface area contributed by atoms with Crippen molar-refractivity contribution >= 4 is 28.5 Å². The molecule has 0 aliphatic heterocycles. The van der Waals surface area contributed by atoms with E-state index in [2.05, 4.69) is 16.4 Å². The summed E-state index contributed by atoms with van der Waals surface area (Å²) in [6.45, 7) is 2.03. The molecule has 2 aromatic carbocycles. The number of benzene rings is 2. The Morgan fingerprint density at radius 3 is 2.65 bits per heavy atom. The standard InChI is InChI=1S/C20H16N4OS/c1-13-6-8-14(9-7-13)18-12-26-20(24-18)15(10-21)11-23-17-5-3-2-4-16(17)19(22)25/h2-9,11-12,23H,1H3,(H2,22,25). The summed E-state index contributed by atoms with van der Waals surface area (Å²) in [7, 11) is 0. The maximum atomic E-state index is 11.5. The van der Waals surface area contributed by atoms with Gasteiger partial charge in [0, 0.05) is 17.1 Å². The first-order valence-electron chi connectivity index (χ1n) is 7.87. The van der Waals surface area contributed by atoms with Crippen molar-refractivity contribution in [2.45, 2.75) is 6.92 Å². The van der Waals surface area contributed by atoms with Crippen molar-refractivity contribution in [3.8, 4) is 17.3 Å². The molecule has 3 aromatic rings. The fourth-order valence-electron chi connectivity index (χ4n) is 2.37. The van der Waals surface area contributed by atoms with E-state index in [1.54, 1.807) is 30.5 Å². The van der Waals surface area contributed by atoms with Crippen LogP contribution in [0.3, 0.4) is 0 Å². The Morgan fingerprint density at radius 1 is 1.23 bits per heavy atom. The van der Waals surface area contributed by atoms with Crippen molar-refractivity contribution in [3.05, 3.63) is 76.2 Å². The van der Waals surface area contributed by atoms with Gasteiger partial charge < -0.3 is 11.1 Å². The second kappa shape index (κ2) is 7.64. The smallest absolute Gasteiger partial charge is 0.250 e. The Balaban J connectivity index is 1.86. The number of amides is 1. The van der Waals surface area contributed by atoms with Crippen LogP contribution in [0.15, 0.2) is 60.1 Å². The molecule has 0 aliphatic carbocycles. The molecule has 0 atom stereocenters. The van der Waals surface area contributed by atoms with Crippen molar-refractivity contribution in [1.82, 2.24) is 4.98 Å². The van der Waals surface area contributed by atoms with Gasteiger partial charge in [0.05, 0.1) is 16.9 Å². The number of allylic oxidation sites excluding steroid dienone is 1. The van der Waals surface area contributed by atoms with Crippen LogP contribution in [0.2, 0.25) is 0 Å². The van der Waals surface area contributed by atoms with Crippen LogP contribution < -0.4 is 11.1 Å². The van der Waals surface area contributed by atoms with Crippen LogP contribution in [-0.2, 0) is 0 Å². The fourth-order valence-corrected chi connectivity index (χ4v) is 3.16. The normalized spacial score (nSPS) is 11.0. The minimum Gasteiger partial charge on any atom is -0.366 e. The molecule has 1 heterocycles. The number of aryl methyl sites for hydroxylation is 1. The lowest BCUT2D eigenvalue weighted by molar-refractivity contribution is 0.100. The number of carbonyl (C=O) groups excluding carboxylic acids is 1. The van der Waals surface area contributed by atoms with E-state index in [9.17, 15) is 10.1 Å². The van der Waals surface area contributed by atoms with Gasteiger partial charge in [0.25, 0.3) is 5.91 Å². The van der Waals surface area contributed by atoms with Gasteiger partial charge in [0.1, 0.15) is 16.6 Å². The van der Waals surface area contributed by atoms with E-state index in [0.29, 0.717) is 21.8 Å². The summed E-state index contributed by atoms with van der Waals surface area (Å²) in [5, 5.41) is 15.0. The van der Waals surface area contributed by atoms with E-state index in [0.717, 1.165) is 11.3 Å². The largest absolute Gasteiger partial charge is 0.366 e. The van der Waals surface area contributed by atoms with Gasteiger partial charge >= 0.3 is 0 Å². The van der Waals surface area contributed by atoms with Gasteiger partial charge in [-0.2, -0.15) is 5.26 Å². The average Bonchev–Trinajstić information content (AvgIpc) is 3.13. The molecule has 0 radical (unpaired) electrons. The predicted molar refractivity (Wildman–Crippen MR) is 104 cm³/mol. The van der Waals surface area contributed by atoms with E-state index >= 15 is 0 Å². The summed E-state index contributed by atoms with van der Waals surface area (Å²) in [5.74, 6) is -0.532. The molecular weight excluding hydrogens is 344 g/mol. The second-order valence-electron chi connectivity index (χ2n) is 5.63. The number of para-hydroxylation sites is 1. The number of thiazole rings is 1. The van der Waals surface area contributed by atoms with Crippen LogP contribution in [0.25, 0.3) is 16.8 Å². The lowest BCUT2D eigenvalue weighted by Gasteiger charge is -2.06. The number of hydrogen-bond donors (Lipinski definition) is 2. The number of aromatic nitrogens is 1. The lowest BCUT2D eigenvalue weighted by Crippen LogP contribution is -2.13. The number of nitrogens with one attached hydrogen (secondary N) is 1. The van der Waals surface area contributed by atoms with Gasteiger partial charge in [-0.15, -0.1) is 11.3 Å². The topological polar surface area (TPSA) is 91.8 Å². The van der Waals surface area contributed by atoms with Crippen LogP contribution in [0.1, 0.15) is 20.9 Å². The summed E-state index contributed by atoms with van der Waals surface area (Å²) in [4.78, 5) is 16.0. The van der Waals surface area contributed by atoms with Crippen molar-refractivity contribution < 1.29 is 4.79 Å². The lowest BCUT2D eigenvalue weighted by atomic mass is 10.1. The molecule has 0 unspecified atom stereocenters. The van der Waals surface area contributed by atoms with E-state index in [4.69, 9.17) is 5.73 Å². The molecule has 0 fully saturated rings. The highest BCUT2D eigenvalue weighted by atomic mass is 32.1. The third-order valence-corrected chi connectivity index (χ3v) is 4.64. The zero-order valence-corrected chi connectivity index (χ0v) is 14.9. The number of nitriles is 1. The Morgan fingerprint density at radius 2 is 1.96 bits per heavy atom. The SMILES string of the molecule is Cc1ccc(-c2csc(C(C#N)=CNc3ccccc3C(N)=O)n2)cc1. The molecule has 128 valence electrons. The van der Waals surface area contributed by atoms with Crippen LogP contribution in [0.4, 0.5) is 5.69 Å². The third-order valence-electron chi connectivity index (χ3n) is 3.77. The van der Waals surface area contributed by atoms with Crippen LogP contribution in [0.5, 0.6) is 0 Å². The second-order valence-corrected chi connectivity index (χ2v) is 6.49. The molecule has 5 nitrogen and oxygen atoms in total. The summed E-state index contributed by atoms with van der Waals surface area (Å²) in [6.07, 6.45) is 1.54. The predicted octanol–water partition coefficient (Wildman–Crippen LogP) is 4.19. The van der Waals surface area contributed by atoms with Crippen molar-refractivity contribution in [2.24, 2.45) is 5.73 Å². The van der Waals surface area contributed by atoms with E-state index < -0.39 is 5.91 Å². The molecule has 1 amide bonds. The Hall–Kier alpha value is -3.43. The highest BCUT2D eigenvalue weighted by molar-refractivity contribution is 7.11. The summed E-state index contributed by atoms with van der Waals surface area (Å²) < 4.78 is 0. The highest BCUT2D eigenvalue weighted by Gasteiger charge is 2.10. The van der Waals surface area contributed by atoms with Gasteiger partial charge in [-0.3, -0.25) is 4.79 Å². The molecule has 6 heteroatoms. The first-order chi connectivity index (χ1) is 12.6. The number of nitrogens with two attached hydrogens (primary N) is 1. The van der Waals surface area contributed by atoms with Crippen molar-refractivity contribution in [3.63, 3.8) is 0 Å². The average molecular weight is 360 g/mol. The van der Waals surface area contributed by atoms with E-state index in [1.165, 1.54) is 16.9 Å². The molecule has 0 spiro atoms. The van der Waals surface area contributed by atoms with E-state index in [1.807, 2.05) is 36.6 Å². The summed E-state index contributed by atoms with van der Waals surface area (Å²) in [6, 6.07) is 17.1. The minimum absolute atomic E-state index is 0.362. The van der Waals surface area contributed by atoms with Gasteiger partial charge in [-0.05, 0) is 19.1 Å². The minimum atomic E-state index is -0.532. The van der Waals surface area contributed by atoms with Gasteiger partial charge in [-0.1, -0.05) is 42.0 Å². The van der Waals surface area contributed by atoms with Crippen molar-refractivity contribution in [2.75, 3.05) is 5.32 Å². The molecular formula is C20H16N4OS. The maximum Gasteiger partial charge on any atom is 0.250 e. The number of hydrogen-bond acceptors (Lipinski definition) is 5. The first kappa shape index (κ1) is 17.4. The number of primary amides is 1. The molecule has 26 heavy (non-hydrogen) atoms.